The predicted molar refractivity (Wildman–Crippen MR) is 74.5 cm³/mol. The van der Waals surface area contributed by atoms with E-state index in [0.717, 1.165) is 0 Å². The molecule has 0 bridgehead atoms. The third kappa shape index (κ3) is 4.18. The SMILES string of the molecule is CCN(CC)C(=O)CNc1cc(C)nc(C(=O)OC)n1. The normalized spacial score (nSPS) is 10.0. The molecule has 0 fully saturated rings. The van der Waals surface area contributed by atoms with Crippen LogP contribution in [0.3, 0.4) is 0 Å². The van der Waals surface area contributed by atoms with Crippen LogP contribution in [0.2, 0.25) is 0 Å². The summed E-state index contributed by atoms with van der Waals surface area (Å²) in [6, 6.07) is 1.67. The van der Waals surface area contributed by atoms with Crippen molar-refractivity contribution in [3.05, 3.63) is 17.6 Å². The van der Waals surface area contributed by atoms with Gasteiger partial charge in [-0.05, 0) is 20.8 Å². The topological polar surface area (TPSA) is 84.4 Å². The molecule has 0 unspecified atom stereocenters. The molecule has 0 saturated heterocycles. The second kappa shape index (κ2) is 7.42. The number of esters is 1. The molecule has 0 aromatic carbocycles. The maximum atomic E-state index is 11.9. The molecule has 1 aromatic heterocycles. The van der Waals surface area contributed by atoms with Gasteiger partial charge >= 0.3 is 5.97 Å². The molecule has 1 N–H and O–H groups in total. The van der Waals surface area contributed by atoms with Gasteiger partial charge in [0.2, 0.25) is 11.7 Å². The lowest BCUT2D eigenvalue weighted by Gasteiger charge is -2.19. The molecule has 20 heavy (non-hydrogen) atoms. The van der Waals surface area contributed by atoms with Crippen LogP contribution in [0.25, 0.3) is 0 Å². The van der Waals surface area contributed by atoms with Gasteiger partial charge in [0.05, 0.1) is 13.7 Å². The minimum atomic E-state index is -0.605. The quantitative estimate of drug-likeness (QED) is 0.778. The first kappa shape index (κ1) is 15.9. The number of ether oxygens (including phenoxy) is 1. The summed E-state index contributed by atoms with van der Waals surface area (Å²) in [6.07, 6.45) is 0. The van der Waals surface area contributed by atoms with E-state index in [9.17, 15) is 9.59 Å². The van der Waals surface area contributed by atoms with Crippen molar-refractivity contribution >= 4 is 17.7 Å². The van der Waals surface area contributed by atoms with Crippen LogP contribution in [0.4, 0.5) is 5.82 Å². The molecular formula is C13H20N4O3. The number of likely N-dealkylation sites (N-methyl/N-ethyl adjacent to an activating group) is 1. The number of hydrogen-bond acceptors (Lipinski definition) is 6. The maximum Gasteiger partial charge on any atom is 0.376 e. The molecule has 110 valence electrons. The summed E-state index contributed by atoms with van der Waals surface area (Å²) in [6.45, 7) is 7.03. The van der Waals surface area contributed by atoms with Crippen LogP contribution < -0.4 is 5.32 Å². The first-order valence-electron chi connectivity index (χ1n) is 6.47. The number of anilines is 1. The first-order valence-corrected chi connectivity index (χ1v) is 6.47. The predicted octanol–water partition coefficient (Wildman–Crippen LogP) is 0.852. The van der Waals surface area contributed by atoms with Crippen molar-refractivity contribution in [3.8, 4) is 0 Å². The smallest absolute Gasteiger partial charge is 0.376 e. The van der Waals surface area contributed by atoms with Crippen molar-refractivity contribution in [2.45, 2.75) is 20.8 Å². The fourth-order valence-corrected chi connectivity index (χ4v) is 1.70. The number of nitrogens with one attached hydrogen (secondary N) is 1. The van der Waals surface area contributed by atoms with Gasteiger partial charge in [0, 0.05) is 24.8 Å². The number of carbonyl (C=O) groups excluding carboxylic acids is 2. The highest BCUT2D eigenvalue weighted by Gasteiger charge is 2.13. The number of amides is 1. The highest BCUT2D eigenvalue weighted by atomic mass is 16.5. The highest BCUT2D eigenvalue weighted by Crippen LogP contribution is 2.07. The van der Waals surface area contributed by atoms with Crippen LogP contribution in [-0.4, -0.2) is 53.5 Å². The lowest BCUT2D eigenvalue weighted by Crippen LogP contribution is -2.35. The van der Waals surface area contributed by atoms with Crippen molar-refractivity contribution < 1.29 is 14.3 Å². The van der Waals surface area contributed by atoms with Crippen LogP contribution in [-0.2, 0) is 9.53 Å². The molecule has 0 aliphatic heterocycles. The number of nitrogens with zero attached hydrogens (tertiary/aromatic N) is 3. The Morgan fingerprint density at radius 1 is 1.30 bits per heavy atom. The van der Waals surface area contributed by atoms with Gasteiger partial charge in [-0.15, -0.1) is 0 Å². The van der Waals surface area contributed by atoms with Crippen molar-refractivity contribution in [2.75, 3.05) is 32.1 Å². The fraction of sp³-hybridized carbons (Fsp3) is 0.538. The summed E-state index contributed by atoms with van der Waals surface area (Å²) >= 11 is 0. The molecule has 0 radical (unpaired) electrons. The highest BCUT2D eigenvalue weighted by molar-refractivity contribution is 5.85. The standard InChI is InChI=1S/C13H20N4O3/c1-5-17(6-2)11(18)8-14-10-7-9(3)15-12(16-10)13(19)20-4/h7H,5-6,8H2,1-4H3,(H,14,15,16). The molecule has 1 aromatic rings. The molecule has 7 nitrogen and oxygen atoms in total. The second-order valence-corrected chi connectivity index (χ2v) is 4.13. The zero-order chi connectivity index (χ0) is 15.1. The number of aromatic nitrogens is 2. The Labute approximate surface area is 118 Å². The minimum absolute atomic E-state index is 0.0223. The van der Waals surface area contributed by atoms with Gasteiger partial charge in [0.15, 0.2) is 0 Å². The zero-order valence-corrected chi connectivity index (χ0v) is 12.3. The zero-order valence-electron chi connectivity index (χ0n) is 12.3. The van der Waals surface area contributed by atoms with Gasteiger partial charge in [-0.3, -0.25) is 4.79 Å². The molecule has 0 aliphatic carbocycles. The third-order valence-corrected chi connectivity index (χ3v) is 2.76. The number of carbonyl (C=O) groups is 2. The Bertz CT molecular complexity index is 487. The summed E-state index contributed by atoms with van der Waals surface area (Å²) in [5.41, 5.74) is 0.623. The second-order valence-electron chi connectivity index (χ2n) is 4.13. The van der Waals surface area contributed by atoms with Crippen LogP contribution in [0.5, 0.6) is 0 Å². The molecule has 0 saturated carbocycles. The molecular weight excluding hydrogens is 260 g/mol. The number of rotatable bonds is 6. The first-order chi connectivity index (χ1) is 9.51. The van der Waals surface area contributed by atoms with E-state index in [0.29, 0.717) is 24.6 Å². The Hall–Kier alpha value is -2.18. The molecule has 7 heteroatoms. The summed E-state index contributed by atoms with van der Waals surface area (Å²) < 4.78 is 4.58. The summed E-state index contributed by atoms with van der Waals surface area (Å²) in [5, 5.41) is 2.90. The van der Waals surface area contributed by atoms with Crippen molar-refractivity contribution in [3.63, 3.8) is 0 Å². The van der Waals surface area contributed by atoms with Crippen molar-refractivity contribution in [1.29, 1.82) is 0 Å². The molecule has 1 amide bonds. The van der Waals surface area contributed by atoms with Crippen LogP contribution in [0, 0.1) is 6.92 Å². The number of methoxy groups -OCH3 is 1. The molecule has 0 atom stereocenters. The van der Waals surface area contributed by atoms with Crippen molar-refractivity contribution in [1.82, 2.24) is 14.9 Å². The van der Waals surface area contributed by atoms with Gasteiger partial charge in [0.25, 0.3) is 0 Å². The van der Waals surface area contributed by atoms with Gasteiger partial charge in [0.1, 0.15) is 5.82 Å². The monoisotopic (exact) mass is 280 g/mol. The molecule has 1 heterocycles. The molecule has 1 rings (SSSR count). The Kier molecular flexibility index (Phi) is 5.89. The summed E-state index contributed by atoms with van der Waals surface area (Å²) in [7, 11) is 1.27. The Balaban J connectivity index is 2.75. The van der Waals surface area contributed by atoms with Crippen LogP contribution in [0.1, 0.15) is 30.2 Å². The van der Waals surface area contributed by atoms with E-state index in [1.165, 1.54) is 7.11 Å². The average Bonchev–Trinajstić information content (AvgIpc) is 2.45. The van der Waals surface area contributed by atoms with Crippen LogP contribution in [0.15, 0.2) is 6.07 Å². The minimum Gasteiger partial charge on any atom is -0.463 e. The van der Waals surface area contributed by atoms with E-state index in [1.54, 1.807) is 17.9 Å². The lowest BCUT2D eigenvalue weighted by molar-refractivity contribution is -0.128. The van der Waals surface area contributed by atoms with E-state index in [4.69, 9.17) is 0 Å². The number of hydrogen-bond donors (Lipinski definition) is 1. The van der Waals surface area contributed by atoms with Gasteiger partial charge in [-0.2, -0.15) is 0 Å². The Morgan fingerprint density at radius 2 is 1.95 bits per heavy atom. The summed E-state index contributed by atoms with van der Waals surface area (Å²) in [4.78, 5) is 33.0. The fourth-order valence-electron chi connectivity index (χ4n) is 1.70. The largest absolute Gasteiger partial charge is 0.463 e. The van der Waals surface area contributed by atoms with E-state index in [1.807, 2.05) is 13.8 Å². The average molecular weight is 280 g/mol. The maximum absolute atomic E-state index is 11.9. The van der Waals surface area contributed by atoms with E-state index < -0.39 is 5.97 Å². The third-order valence-electron chi connectivity index (χ3n) is 2.76. The van der Waals surface area contributed by atoms with E-state index >= 15 is 0 Å². The Morgan fingerprint density at radius 3 is 2.50 bits per heavy atom. The molecule has 0 spiro atoms. The van der Waals surface area contributed by atoms with Crippen molar-refractivity contribution in [2.24, 2.45) is 0 Å². The van der Waals surface area contributed by atoms with Gasteiger partial charge in [-0.1, -0.05) is 0 Å². The van der Waals surface area contributed by atoms with Crippen LogP contribution >= 0.6 is 0 Å². The summed E-state index contributed by atoms with van der Waals surface area (Å²) in [5.74, 6) is -0.221. The number of aryl methyl sites for hydroxylation is 1. The molecule has 0 aliphatic rings. The van der Waals surface area contributed by atoms with E-state index in [-0.39, 0.29) is 18.3 Å². The van der Waals surface area contributed by atoms with E-state index in [2.05, 4.69) is 20.0 Å². The van der Waals surface area contributed by atoms with Gasteiger partial charge in [-0.25, -0.2) is 14.8 Å². The van der Waals surface area contributed by atoms with Gasteiger partial charge < -0.3 is 15.0 Å². The lowest BCUT2D eigenvalue weighted by atomic mass is 10.4.